The molecule has 0 aromatic heterocycles. The Balaban J connectivity index is 3.14. The van der Waals surface area contributed by atoms with Gasteiger partial charge in [-0.1, -0.05) is 51.9 Å². The Morgan fingerprint density at radius 3 is 2.07 bits per heavy atom. The van der Waals surface area contributed by atoms with Gasteiger partial charge < -0.3 is 10.8 Å². The molecule has 0 bridgehead atoms. The second-order valence-corrected chi connectivity index (χ2v) is 4.54. The zero-order chi connectivity index (χ0) is 11.4. The summed E-state index contributed by atoms with van der Waals surface area (Å²) in [6.07, 6.45) is 11.6. The van der Waals surface area contributed by atoms with Gasteiger partial charge in [0.2, 0.25) is 0 Å². The molecule has 2 heteroatoms. The third-order valence-electron chi connectivity index (χ3n) is 3.05. The lowest BCUT2D eigenvalue weighted by Gasteiger charge is -2.12. The second kappa shape index (κ2) is 12.0. The van der Waals surface area contributed by atoms with Gasteiger partial charge in [-0.25, -0.2) is 0 Å². The van der Waals surface area contributed by atoms with Gasteiger partial charge in [-0.2, -0.15) is 0 Å². The van der Waals surface area contributed by atoms with Crippen LogP contribution in [-0.2, 0) is 0 Å². The van der Waals surface area contributed by atoms with Crippen LogP contribution in [0.3, 0.4) is 0 Å². The molecule has 0 heterocycles. The van der Waals surface area contributed by atoms with Crippen molar-refractivity contribution in [3.8, 4) is 0 Å². The maximum atomic E-state index is 9.07. The largest absolute Gasteiger partial charge is 0.396 e. The van der Waals surface area contributed by atoms with Gasteiger partial charge >= 0.3 is 0 Å². The Kier molecular flexibility index (Phi) is 11.9. The van der Waals surface area contributed by atoms with Crippen LogP contribution in [0.15, 0.2) is 0 Å². The van der Waals surface area contributed by atoms with E-state index in [4.69, 9.17) is 10.8 Å². The second-order valence-electron chi connectivity index (χ2n) is 4.54. The fourth-order valence-corrected chi connectivity index (χ4v) is 1.95. The Hall–Kier alpha value is -0.0800. The van der Waals surface area contributed by atoms with Gasteiger partial charge in [0.1, 0.15) is 0 Å². The number of unbranched alkanes of at least 4 members (excludes halogenated alkanes) is 6. The van der Waals surface area contributed by atoms with E-state index in [9.17, 15) is 0 Å². The molecule has 0 rings (SSSR count). The van der Waals surface area contributed by atoms with Gasteiger partial charge in [-0.15, -0.1) is 0 Å². The first-order chi connectivity index (χ1) is 7.35. The lowest BCUT2D eigenvalue weighted by atomic mass is 9.98. The molecule has 0 aliphatic heterocycles. The van der Waals surface area contributed by atoms with E-state index in [1.807, 2.05) is 0 Å². The summed E-state index contributed by atoms with van der Waals surface area (Å²) in [5, 5.41) is 9.07. The summed E-state index contributed by atoms with van der Waals surface area (Å²) in [6.45, 7) is 3.27. The lowest BCUT2D eigenvalue weighted by Crippen LogP contribution is -2.12. The molecule has 1 atom stereocenters. The average molecular weight is 215 g/mol. The molecule has 0 saturated carbocycles. The van der Waals surface area contributed by atoms with Gasteiger partial charge in [0.25, 0.3) is 0 Å². The molecule has 0 aromatic rings. The van der Waals surface area contributed by atoms with E-state index in [1.54, 1.807) is 0 Å². The fraction of sp³-hybridized carbons (Fsp3) is 1.00. The number of aliphatic hydroxyl groups is 1. The van der Waals surface area contributed by atoms with Crippen LogP contribution in [-0.4, -0.2) is 18.3 Å². The van der Waals surface area contributed by atoms with Crippen molar-refractivity contribution in [1.82, 2.24) is 0 Å². The minimum absolute atomic E-state index is 0.313. The van der Waals surface area contributed by atoms with Crippen molar-refractivity contribution >= 4 is 0 Å². The van der Waals surface area contributed by atoms with E-state index < -0.39 is 0 Å². The van der Waals surface area contributed by atoms with E-state index >= 15 is 0 Å². The quantitative estimate of drug-likeness (QED) is 0.520. The molecule has 15 heavy (non-hydrogen) atoms. The molecule has 3 N–H and O–H groups in total. The maximum Gasteiger partial charge on any atom is 0.0459 e. The summed E-state index contributed by atoms with van der Waals surface area (Å²) in [6, 6.07) is 0. The first kappa shape index (κ1) is 14.9. The highest BCUT2D eigenvalue weighted by molar-refractivity contribution is 4.58. The fourth-order valence-electron chi connectivity index (χ4n) is 1.95. The van der Waals surface area contributed by atoms with Crippen LogP contribution in [0.25, 0.3) is 0 Å². The Labute approximate surface area is 95.3 Å². The van der Waals surface area contributed by atoms with Crippen molar-refractivity contribution in [3.05, 3.63) is 0 Å². The van der Waals surface area contributed by atoms with Crippen LogP contribution in [0.2, 0.25) is 0 Å². The van der Waals surface area contributed by atoms with E-state index in [2.05, 4.69) is 6.92 Å². The zero-order valence-corrected chi connectivity index (χ0v) is 10.4. The molecule has 0 saturated heterocycles. The number of nitrogens with two attached hydrogens (primary N) is 1. The molecular weight excluding hydrogens is 186 g/mol. The third-order valence-corrected chi connectivity index (χ3v) is 3.05. The van der Waals surface area contributed by atoms with Crippen LogP contribution in [0.1, 0.15) is 64.7 Å². The van der Waals surface area contributed by atoms with Gasteiger partial charge in [-0.3, -0.25) is 0 Å². The molecule has 0 radical (unpaired) electrons. The van der Waals surface area contributed by atoms with Crippen LogP contribution < -0.4 is 5.73 Å². The molecule has 92 valence electrons. The number of aliphatic hydroxyl groups excluding tert-OH is 1. The van der Waals surface area contributed by atoms with Crippen molar-refractivity contribution in [3.63, 3.8) is 0 Å². The molecule has 0 amide bonds. The van der Waals surface area contributed by atoms with Crippen LogP contribution in [0, 0.1) is 5.92 Å². The molecule has 1 unspecified atom stereocenters. The Bertz CT molecular complexity index is 117. The van der Waals surface area contributed by atoms with E-state index in [0.29, 0.717) is 19.1 Å². The normalized spacial score (nSPS) is 13.0. The smallest absolute Gasteiger partial charge is 0.0459 e. The van der Waals surface area contributed by atoms with Crippen LogP contribution in [0.5, 0.6) is 0 Å². The highest BCUT2D eigenvalue weighted by Gasteiger charge is 2.05. The average Bonchev–Trinajstić information content (AvgIpc) is 2.26. The maximum absolute atomic E-state index is 9.07. The molecule has 0 aromatic carbocycles. The van der Waals surface area contributed by atoms with Crippen molar-refractivity contribution in [2.24, 2.45) is 11.7 Å². The highest BCUT2D eigenvalue weighted by Crippen LogP contribution is 2.14. The monoisotopic (exact) mass is 215 g/mol. The first-order valence-electron chi connectivity index (χ1n) is 6.66. The topological polar surface area (TPSA) is 46.2 Å². The van der Waals surface area contributed by atoms with E-state index in [0.717, 1.165) is 12.8 Å². The summed E-state index contributed by atoms with van der Waals surface area (Å²) >= 11 is 0. The summed E-state index contributed by atoms with van der Waals surface area (Å²) in [7, 11) is 0. The molecule has 0 fully saturated rings. The van der Waals surface area contributed by atoms with Crippen molar-refractivity contribution in [1.29, 1.82) is 0 Å². The number of hydrogen-bond acceptors (Lipinski definition) is 2. The lowest BCUT2D eigenvalue weighted by molar-refractivity contribution is 0.209. The number of hydrogen-bond donors (Lipinski definition) is 2. The first-order valence-corrected chi connectivity index (χ1v) is 6.66. The van der Waals surface area contributed by atoms with Crippen LogP contribution in [0.4, 0.5) is 0 Å². The summed E-state index contributed by atoms with van der Waals surface area (Å²) in [5.41, 5.74) is 5.48. The Morgan fingerprint density at radius 1 is 0.933 bits per heavy atom. The molecule has 0 aliphatic rings. The van der Waals surface area contributed by atoms with Crippen molar-refractivity contribution in [2.75, 3.05) is 13.2 Å². The summed E-state index contributed by atoms with van der Waals surface area (Å²) in [4.78, 5) is 0. The third kappa shape index (κ3) is 10.2. The van der Waals surface area contributed by atoms with E-state index in [1.165, 1.54) is 44.9 Å². The molecule has 2 nitrogen and oxygen atoms in total. The predicted molar refractivity (Wildman–Crippen MR) is 66.9 cm³/mol. The summed E-state index contributed by atoms with van der Waals surface area (Å²) in [5.74, 6) is 0.450. The molecule has 0 aliphatic carbocycles. The minimum atomic E-state index is 0.313. The van der Waals surface area contributed by atoms with Crippen molar-refractivity contribution < 1.29 is 5.11 Å². The van der Waals surface area contributed by atoms with Gasteiger partial charge in [0, 0.05) is 6.61 Å². The predicted octanol–water partition coefficient (Wildman–Crippen LogP) is 3.08. The van der Waals surface area contributed by atoms with Gasteiger partial charge in [0.05, 0.1) is 0 Å². The highest BCUT2D eigenvalue weighted by atomic mass is 16.3. The zero-order valence-electron chi connectivity index (χ0n) is 10.4. The van der Waals surface area contributed by atoms with E-state index in [-0.39, 0.29) is 0 Å². The molecular formula is C13H29NO. The van der Waals surface area contributed by atoms with Gasteiger partial charge in [-0.05, 0) is 25.3 Å². The minimum Gasteiger partial charge on any atom is -0.396 e. The standard InChI is InChI=1S/C13H29NO/c1-2-3-4-5-6-7-8-9-13(12-15)10-11-14/h13,15H,2-12,14H2,1H3. The summed E-state index contributed by atoms with van der Waals surface area (Å²) < 4.78 is 0. The van der Waals surface area contributed by atoms with Gasteiger partial charge in [0.15, 0.2) is 0 Å². The van der Waals surface area contributed by atoms with Crippen LogP contribution >= 0.6 is 0 Å². The number of rotatable bonds is 11. The Morgan fingerprint density at radius 2 is 1.53 bits per heavy atom. The SMILES string of the molecule is CCCCCCCCCC(CO)CCN. The van der Waals surface area contributed by atoms with Crippen molar-refractivity contribution in [2.45, 2.75) is 64.7 Å². The molecule has 0 spiro atoms.